The van der Waals surface area contributed by atoms with Crippen LogP contribution in [0, 0.1) is 11.8 Å². The zero-order valence-electron chi connectivity index (χ0n) is 16.7. The van der Waals surface area contributed by atoms with Gasteiger partial charge in [0.05, 0.1) is 0 Å². The molecular formula is C24H29Cl2NO. The molecule has 0 aliphatic rings. The molecule has 2 aromatic rings. The largest absolute Gasteiger partial charge is 0.373 e. The van der Waals surface area contributed by atoms with Crippen LogP contribution in [0.15, 0.2) is 42.7 Å². The van der Waals surface area contributed by atoms with E-state index in [1.807, 2.05) is 25.1 Å². The lowest BCUT2D eigenvalue weighted by Crippen LogP contribution is -2.31. The maximum Gasteiger partial charge on any atom is 0.158 e. The van der Waals surface area contributed by atoms with E-state index in [9.17, 15) is 5.11 Å². The molecule has 0 amide bonds. The second kappa shape index (κ2) is 11.5. The quantitative estimate of drug-likeness (QED) is 0.347. The minimum Gasteiger partial charge on any atom is -0.373 e. The van der Waals surface area contributed by atoms with Crippen LogP contribution in [0.25, 0.3) is 0 Å². The Morgan fingerprint density at radius 3 is 2.54 bits per heavy atom. The second-order valence-electron chi connectivity index (χ2n) is 7.22. The molecule has 2 rings (SSSR count). The molecule has 150 valence electrons. The third-order valence-corrected chi connectivity index (χ3v) is 5.65. The number of pyridine rings is 1. The number of hydrogen-bond acceptors (Lipinski definition) is 2. The topological polar surface area (TPSA) is 33.1 Å². The molecule has 0 bridgehead atoms. The summed E-state index contributed by atoms with van der Waals surface area (Å²) in [5, 5.41) is 12.7. The van der Waals surface area contributed by atoms with Crippen LogP contribution >= 0.6 is 23.2 Å². The lowest BCUT2D eigenvalue weighted by atomic mass is 9.79. The van der Waals surface area contributed by atoms with E-state index in [0.29, 0.717) is 15.6 Å². The van der Waals surface area contributed by atoms with Crippen molar-refractivity contribution in [1.29, 1.82) is 0 Å². The molecule has 0 spiro atoms. The van der Waals surface area contributed by atoms with Gasteiger partial charge in [-0.25, -0.2) is 0 Å². The molecule has 2 nitrogen and oxygen atoms in total. The van der Waals surface area contributed by atoms with E-state index in [1.54, 1.807) is 24.5 Å². The van der Waals surface area contributed by atoms with E-state index in [2.05, 4.69) is 23.7 Å². The first kappa shape index (κ1) is 22.8. The summed E-state index contributed by atoms with van der Waals surface area (Å²) in [6, 6.07) is 9.00. The third kappa shape index (κ3) is 6.24. The molecule has 0 radical (unpaired) electrons. The lowest BCUT2D eigenvalue weighted by molar-refractivity contribution is 0.0740. The Hall–Kier alpha value is -1.53. The SMILES string of the molecule is CCCCCCCCC#CC(O)(c1cccnc1)C(C)c1ccc(Cl)cc1Cl. The number of hydrogen-bond donors (Lipinski definition) is 1. The number of nitrogens with zero attached hydrogens (tertiary/aromatic N) is 1. The Bertz CT molecular complexity index is 797. The molecule has 0 saturated carbocycles. The average Bonchev–Trinajstić information content (AvgIpc) is 2.70. The second-order valence-corrected chi connectivity index (χ2v) is 8.06. The summed E-state index contributed by atoms with van der Waals surface area (Å²) >= 11 is 12.4. The van der Waals surface area contributed by atoms with Crippen LogP contribution < -0.4 is 0 Å². The molecule has 1 aromatic heterocycles. The zero-order valence-corrected chi connectivity index (χ0v) is 18.2. The lowest BCUT2D eigenvalue weighted by Gasteiger charge is -2.30. The predicted molar refractivity (Wildman–Crippen MR) is 119 cm³/mol. The van der Waals surface area contributed by atoms with Crippen LogP contribution in [0.1, 0.15) is 75.8 Å². The Morgan fingerprint density at radius 1 is 1.11 bits per heavy atom. The summed E-state index contributed by atoms with van der Waals surface area (Å²) in [5.74, 6) is 5.99. The minimum absolute atomic E-state index is 0.335. The number of unbranched alkanes of at least 4 members (excludes halogenated alkanes) is 6. The number of rotatable bonds is 9. The van der Waals surface area contributed by atoms with Crippen molar-refractivity contribution in [1.82, 2.24) is 4.98 Å². The number of aliphatic hydroxyl groups is 1. The van der Waals surface area contributed by atoms with Crippen LogP contribution in [-0.4, -0.2) is 10.1 Å². The van der Waals surface area contributed by atoms with Crippen molar-refractivity contribution in [3.05, 3.63) is 63.9 Å². The molecule has 2 unspecified atom stereocenters. The summed E-state index contributed by atoms with van der Waals surface area (Å²) in [5.41, 5.74) is 0.115. The van der Waals surface area contributed by atoms with E-state index >= 15 is 0 Å². The number of halogens is 2. The third-order valence-electron chi connectivity index (χ3n) is 5.09. The summed E-state index contributed by atoms with van der Waals surface area (Å²) < 4.78 is 0. The fourth-order valence-corrected chi connectivity index (χ4v) is 3.86. The molecule has 0 aliphatic heterocycles. The van der Waals surface area contributed by atoms with Crippen molar-refractivity contribution in [3.8, 4) is 11.8 Å². The monoisotopic (exact) mass is 417 g/mol. The first-order chi connectivity index (χ1) is 13.5. The molecule has 1 N–H and O–H groups in total. The van der Waals surface area contributed by atoms with Gasteiger partial charge in [0, 0.05) is 40.3 Å². The highest BCUT2D eigenvalue weighted by molar-refractivity contribution is 6.35. The van der Waals surface area contributed by atoms with Gasteiger partial charge in [0.15, 0.2) is 5.60 Å². The van der Waals surface area contributed by atoms with Crippen molar-refractivity contribution in [2.75, 3.05) is 0 Å². The molecule has 4 heteroatoms. The van der Waals surface area contributed by atoms with Gasteiger partial charge in [-0.05, 0) is 30.2 Å². The first-order valence-electron chi connectivity index (χ1n) is 10.1. The van der Waals surface area contributed by atoms with Crippen LogP contribution in [0.2, 0.25) is 10.0 Å². The molecule has 28 heavy (non-hydrogen) atoms. The highest BCUT2D eigenvalue weighted by Gasteiger charge is 2.36. The summed E-state index contributed by atoms with van der Waals surface area (Å²) in [7, 11) is 0. The van der Waals surface area contributed by atoms with Gasteiger partial charge in [-0.3, -0.25) is 4.98 Å². The maximum atomic E-state index is 11.6. The normalized spacial score (nSPS) is 14.0. The highest BCUT2D eigenvalue weighted by Crippen LogP contribution is 2.39. The fourth-order valence-electron chi connectivity index (χ4n) is 3.29. The summed E-state index contributed by atoms with van der Waals surface area (Å²) in [4.78, 5) is 4.17. The molecule has 0 saturated heterocycles. The standard InChI is InChI=1S/C24H29Cl2NO/c1-3-4-5-6-7-8-9-10-15-24(28,20-12-11-16-27-18-20)19(2)22-14-13-21(25)17-23(22)26/h11-14,16-19,28H,3-9H2,1-2H3. The van der Waals surface area contributed by atoms with Gasteiger partial charge in [-0.15, -0.1) is 0 Å². The Morgan fingerprint density at radius 2 is 1.86 bits per heavy atom. The first-order valence-corrected chi connectivity index (χ1v) is 10.8. The zero-order chi connectivity index (χ0) is 20.4. The molecule has 1 aromatic carbocycles. The maximum absolute atomic E-state index is 11.6. The molecule has 1 heterocycles. The van der Waals surface area contributed by atoms with Crippen LogP contribution in [0.3, 0.4) is 0 Å². The van der Waals surface area contributed by atoms with E-state index in [-0.39, 0.29) is 5.92 Å². The Labute approximate surface area is 179 Å². The van der Waals surface area contributed by atoms with E-state index in [4.69, 9.17) is 23.2 Å². The average molecular weight is 418 g/mol. The van der Waals surface area contributed by atoms with Gasteiger partial charge < -0.3 is 5.11 Å². The van der Waals surface area contributed by atoms with Gasteiger partial charge in [-0.2, -0.15) is 0 Å². The molecule has 0 fully saturated rings. The van der Waals surface area contributed by atoms with Gasteiger partial charge in [0.2, 0.25) is 0 Å². The molecule has 2 atom stereocenters. The van der Waals surface area contributed by atoms with Crippen LogP contribution in [0.4, 0.5) is 0 Å². The smallest absolute Gasteiger partial charge is 0.158 e. The van der Waals surface area contributed by atoms with Crippen molar-refractivity contribution in [2.24, 2.45) is 0 Å². The Kier molecular flexibility index (Phi) is 9.32. The fraction of sp³-hybridized carbons (Fsp3) is 0.458. The van der Waals surface area contributed by atoms with Crippen molar-refractivity contribution >= 4 is 23.2 Å². The molecule has 0 aliphatic carbocycles. The predicted octanol–water partition coefficient (Wildman–Crippen LogP) is 7.13. The highest BCUT2D eigenvalue weighted by atomic mass is 35.5. The Balaban J connectivity index is 2.19. The van der Waals surface area contributed by atoms with Crippen LogP contribution in [0.5, 0.6) is 0 Å². The summed E-state index contributed by atoms with van der Waals surface area (Å²) in [6.45, 7) is 4.15. The number of benzene rings is 1. The van der Waals surface area contributed by atoms with Crippen molar-refractivity contribution in [2.45, 2.75) is 70.3 Å². The van der Waals surface area contributed by atoms with E-state index in [1.165, 1.54) is 32.1 Å². The van der Waals surface area contributed by atoms with E-state index in [0.717, 1.165) is 18.4 Å². The van der Waals surface area contributed by atoms with Crippen molar-refractivity contribution < 1.29 is 5.11 Å². The summed E-state index contributed by atoms with van der Waals surface area (Å²) in [6.07, 6.45) is 11.4. The van der Waals surface area contributed by atoms with Crippen LogP contribution in [-0.2, 0) is 5.60 Å². The number of aromatic nitrogens is 1. The van der Waals surface area contributed by atoms with E-state index < -0.39 is 5.60 Å². The molecular weight excluding hydrogens is 389 g/mol. The van der Waals surface area contributed by atoms with Gasteiger partial charge in [0.25, 0.3) is 0 Å². The minimum atomic E-state index is -1.37. The van der Waals surface area contributed by atoms with Crippen molar-refractivity contribution in [3.63, 3.8) is 0 Å². The van der Waals surface area contributed by atoms with Gasteiger partial charge in [0.1, 0.15) is 0 Å². The van der Waals surface area contributed by atoms with Gasteiger partial charge >= 0.3 is 0 Å². The van der Waals surface area contributed by atoms with Gasteiger partial charge in [-0.1, -0.05) is 93.1 Å².